The number of aryl methyl sites for hydroxylation is 1. The van der Waals surface area contributed by atoms with Crippen LogP contribution in [0.3, 0.4) is 0 Å². The standard InChI is InChI=1S/C12H20N4/c1-4-5-6-7-16-10-14-12(15-16)9-13-8-11(2)3/h10-11,13H,6-9H2,1-3H3. The van der Waals surface area contributed by atoms with Gasteiger partial charge in [0.25, 0.3) is 0 Å². The normalized spacial score (nSPS) is 10.2. The molecule has 0 aliphatic heterocycles. The second kappa shape index (κ2) is 7.02. The molecule has 1 heterocycles. The van der Waals surface area contributed by atoms with Crippen LogP contribution in [0.15, 0.2) is 6.33 Å². The maximum atomic E-state index is 4.35. The van der Waals surface area contributed by atoms with Crippen molar-refractivity contribution in [3.05, 3.63) is 12.2 Å². The fraction of sp³-hybridized carbons (Fsp3) is 0.667. The van der Waals surface area contributed by atoms with E-state index in [1.54, 1.807) is 6.33 Å². The van der Waals surface area contributed by atoms with Gasteiger partial charge in [0.15, 0.2) is 5.82 Å². The van der Waals surface area contributed by atoms with E-state index in [1.165, 1.54) is 0 Å². The van der Waals surface area contributed by atoms with Crippen LogP contribution in [-0.2, 0) is 13.1 Å². The van der Waals surface area contributed by atoms with Crippen molar-refractivity contribution < 1.29 is 0 Å². The van der Waals surface area contributed by atoms with Crippen LogP contribution in [0.1, 0.15) is 33.0 Å². The van der Waals surface area contributed by atoms with Gasteiger partial charge in [-0.1, -0.05) is 13.8 Å². The molecule has 0 aliphatic carbocycles. The summed E-state index contributed by atoms with van der Waals surface area (Å²) in [5, 5.41) is 7.67. The molecular formula is C12H20N4. The number of hydrogen-bond donors (Lipinski definition) is 1. The molecule has 0 unspecified atom stereocenters. The Kier molecular flexibility index (Phi) is 5.58. The number of nitrogens with one attached hydrogen (secondary N) is 1. The highest BCUT2D eigenvalue weighted by Crippen LogP contribution is 1.93. The molecule has 16 heavy (non-hydrogen) atoms. The molecule has 1 aromatic heterocycles. The van der Waals surface area contributed by atoms with E-state index in [0.717, 1.165) is 31.9 Å². The Labute approximate surface area is 97.5 Å². The molecule has 1 aromatic rings. The van der Waals surface area contributed by atoms with Gasteiger partial charge >= 0.3 is 0 Å². The topological polar surface area (TPSA) is 42.7 Å². The molecule has 88 valence electrons. The zero-order chi connectivity index (χ0) is 11.8. The zero-order valence-corrected chi connectivity index (χ0v) is 10.3. The molecule has 0 bridgehead atoms. The van der Waals surface area contributed by atoms with Crippen LogP contribution in [0.5, 0.6) is 0 Å². The van der Waals surface area contributed by atoms with Gasteiger partial charge < -0.3 is 5.32 Å². The predicted octanol–water partition coefficient (Wildman–Crippen LogP) is 1.44. The van der Waals surface area contributed by atoms with Crippen LogP contribution in [0.4, 0.5) is 0 Å². The van der Waals surface area contributed by atoms with Gasteiger partial charge in [-0.25, -0.2) is 4.98 Å². The molecule has 0 fully saturated rings. The first-order valence-corrected chi connectivity index (χ1v) is 5.71. The third-order valence-electron chi connectivity index (χ3n) is 2.06. The highest BCUT2D eigenvalue weighted by atomic mass is 15.3. The summed E-state index contributed by atoms with van der Waals surface area (Å²) in [7, 11) is 0. The summed E-state index contributed by atoms with van der Waals surface area (Å²) in [6.45, 7) is 8.77. The van der Waals surface area contributed by atoms with Crippen LogP contribution in [0.25, 0.3) is 0 Å². The summed E-state index contributed by atoms with van der Waals surface area (Å²) in [5.74, 6) is 7.38. The Morgan fingerprint density at radius 1 is 1.50 bits per heavy atom. The fourth-order valence-corrected chi connectivity index (χ4v) is 1.29. The van der Waals surface area contributed by atoms with Crippen molar-refractivity contribution in [2.75, 3.05) is 6.54 Å². The van der Waals surface area contributed by atoms with E-state index in [2.05, 4.69) is 41.1 Å². The molecule has 0 spiro atoms. The van der Waals surface area contributed by atoms with Crippen LogP contribution in [-0.4, -0.2) is 21.3 Å². The third-order valence-corrected chi connectivity index (χ3v) is 2.06. The summed E-state index contributed by atoms with van der Waals surface area (Å²) in [6, 6.07) is 0. The first-order valence-electron chi connectivity index (χ1n) is 5.71. The van der Waals surface area contributed by atoms with E-state index in [9.17, 15) is 0 Å². The summed E-state index contributed by atoms with van der Waals surface area (Å²) in [6.07, 6.45) is 2.60. The van der Waals surface area contributed by atoms with Gasteiger partial charge in [0.1, 0.15) is 6.33 Å². The zero-order valence-electron chi connectivity index (χ0n) is 10.3. The second-order valence-electron chi connectivity index (χ2n) is 4.13. The van der Waals surface area contributed by atoms with Gasteiger partial charge in [0.05, 0.1) is 13.1 Å². The quantitative estimate of drug-likeness (QED) is 0.738. The van der Waals surface area contributed by atoms with E-state index in [4.69, 9.17) is 0 Å². The lowest BCUT2D eigenvalue weighted by atomic mass is 10.2. The van der Waals surface area contributed by atoms with Crippen molar-refractivity contribution in [2.24, 2.45) is 5.92 Å². The summed E-state index contributed by atoms with van der Waals surface area (Å²) < 4.78 is 1.84. The van der Waals surface area contributed by atoms with E-state index in [1.807, 2.05) is 11.6 Å². The van der Waals surface area contributed by atoms with Gasteiger partial charge in [-0.05, 0) is 19.4 Å². The summed E-state index contributed by atoms with van der Waals surface area (Å²) >= 11 is 0. The lowest BCUT2D eigenvalue weighted by Crippen LogP contribution is -2.19. The Morgan fingerprint density at radius 2 is 2.31 bits per heavy atom. The van der Waals surface area contributed by atoms with Gasteiger partial charge in [-0.3, -0.25) is 4.68 Å². The van der Waals surface area contributed by atoms with Crippen molar-refractivity contribution in [2.45, 2.75) is 40.3 Å². The molecule has 1 rings (SSSR count). The average Bonchev–Trinajstić information content (AvgIpc) is 2.66. The molecule has 0 atom stereocenters. The van der Waals surface area contributed by atoms with Crippen LogP contribution >= 0.6 is 0 Å². The number of hydrogen-bond acceptors (Lipinski definition) is 3. The number of rotatable bonds is 6. The Bertz CT molecular complexity index is 357. The Hall–Kier alpha value is -1.34. The first kappa shape index (κ1) is 12.7. The Balaban J connectivity index is 2.29. The van der Waals surface area contributed by atoms with Crippen molar-refractivity contribution in [1.82, 2.24) is 20.1 Å². The van der Waals surface area contributed by atoms with Crippen molar-refractivity contribution in [3.63, 3.8) is 0 Å². The van der Waals surface area contributed by atoms with Crippen LogP contribution < -0.4 is 5.32 Å². The minimum Gasteiger partial charge on any atom is -0.310 e. The lowest BCUT2D eigenvalue weighted by molar-refractivity contribution is 0.537. The van der Waals surface area contributed by atoms with Crippen molar-refractivity contribution >= 4 is 0 Å². The minimum absolute atomic E-state index is 0.655. The first-order chi connectivity index (χ1) is 7.72. The van der Waals surface area contributed by atoms with E-state index in [-0.39, 0.29) is 0 Å². The molecule has 4 nitrogen and oxygen atoms in total. The predicted molar refractivity (Wildman–Crippen MR) is 64.6 cm³/mol. The van der Waals surface area contributed by atoms with Crippen molar-refractivity contribution in [3.8, 4) is 11.8 Å². The molecule has 1 N–H and O–H groups in total. The fourth-order valence-electron chi connectivity index (χ4n) is 1.29. The smallest absolute Gasteiger partial charge is 0.164 e. The molecule has 4 heteroatoms. The van der Waals surface area contributed by atoms with Gasteiger partial charge in [-0.15, -0.1) is 11.8 Å². The van der Waals surface area contributed by atoms with E-state index in [0.29, 0.717) is 5.92 Å². The minimum atomic E-state index is 0.655. The summed E-state index contributed by atoms with van der Waals surface area (Å²) in [4.78, 5) is 4.23. The van der Waals surface area contributed by atoms with Crippen molar-refractivity contribution in [1.29, 1.82) is 0 Å². The number of nitrogens with zero attached hydrogens (tertiary/aromatic N) is 3. The van der Waals surface area contributed by atoms with Crippen LogP contribution in [0.2, 0.25) is 0 Å². The van der Waals surface area contributed by atoms with Gasteiger partial charge in [0, 0.05) is 6.42 Å². The monoisotopic (exact) mass is 220 g/mol. The average molecular weight is 220 g/mol. The molecule has 0 saturated carbocycles. The van der Waals surface area contributed by atoms with Gasteiger partial charge in [0.2, 0.25) is 0 Å². The van der Waals surface area contributed by atoms with E-state index < -0.39 is 0 Å². The largest absolute Gasteiger partial charge is 0.310 e. The lowest BCUT2D eigenvalue weighted by Gasteiger charge is -2.04. The second-order valence-corrected chi connectivity index (χ2v) is 4.13. The van der Waals surface area contributed by atoms with Crippen LogP contribution in [0, 0.1) is 17.8 Å². The van der Waals surface area contributed by atoms with E-state index >= 15 is 0 Å². The maximum absolute atomic E-state index is 4.35. The molecular weight excluding hydrogens is 200 g/mol. The SMILES string of the molecule is CC#CCCn1cnc(CNCC(C)C)n1. The molecule has 0 saturated heterocycles. The molecule has 0 radical (unpaired) electrons. The molecule has 0 aromatic carbocycles. The molecule has 0 aliphatic rings. The molecule has 0 amide bonds. The summed E-state index contributed by atoms with van der Waals surface area (Å²) in [5.41, 5.74) is 0. The Morgan fingerprint density at radius 3 is 3.00 bits per heavy atom. The maximum Gasteiger partial charge on any atom is 0.164 e. The number of aromatic nitrogens is 3. The van der Waals surface area contributed by atoms with Gasteiger partial charge in [-0.2, -0.15) is 5.10 Å². The highest BCUT2D eigenvalue weighted by molar-refractivity contribution is 4.94. The third kappa shape index (κ3) is 4.94. The highest BCUT2D eigenvalue weighted by Gasteiger charge is 2.00.